The Kier molecular flexibility index (Phi) is 4.86. The highest BCUT2D eigenvalue weighted by atomic mass is 79.9. The smallest absolute Gasteiger partial charge is 0.338 e. The third-order valence-electron chi connectivity index (χ3n) is 5.26. The lowest BCUT2D eigenvalue weighted by Crippen LogP contribution is -2.29. The van der Waals surface area contributed by atoms with E-state index in [9.17, 15) is 4.79 Å². The Morgan fingerprint density at radius 3 is 2.81 bits per heavy atom. The SMILES string of the molecule is CCCOC(=O)c1ccc2c(c1)C1C=CCC1C(c1ccc(Br)cc1)N2. The van der Waals surface area contributed by atoms with Crippen molar-refractivity contribution in [1.29, 1.82) is 0 Å². The third-order valence-corrected chi connectivity index (χ3v) is 5.79. The molecular weight excluding hydrogens is 390 g/mol. The fourth-order valence-electron chi connectivity index (χ4n) is 4.00. The number of hydrogen-bond acceptors (Lipinski definition) is 3. The van der Waals surface area contributed by atoms with Gasteiger partial charge in [0, 0.05) is 16.1 Å². The molecule has 4 heteroatoms. The summed E-state index contributed by atoms with van der Waals surface area (Å²) in [6.45, 7) is 2.46. The van der Waals surface area contributed by atoms with Gasteiger partial charge in [-0.2, -0.15) is 0 Å². The van der Waals surface area contributed by atoms with Gasteiger partial charge in [-0.1, -0.05) is 47.1 Å². The first kappa shape index (κ1) is 17.3. The number of rotatable bonds is 4. The summed E-state index contributed by atoms with van der Waals surface area (Å²) in [6.07, 6.45) is 6.43. The maximum absolute atomic E-state index is 12.2. The topological polar surface area (TPSA) is 38.3 Å². The van der Waals surface area contributed by atoms with Crippen LogP contribution >= 0.6 is 15.9 Å². The van der Waals surface area contributed by atoms with Gasteiger partial charge in [0.2, 0.25) is 0 Å². The Hall–Kier alpha value is -2.07. The molecule has 1 heterocycles. The molecule has 2 aromatic carbocycles. The molecule has 2 aromatic rings. The number of halogens is 1. The number of carbonyl (C=O) groups is 1. The van der Waals surface area contributed by atoms with Gasteiger partial charge in [-0.25, -0.2) is 4.79 Å². The van der Waals surface area contributed by atoms with Gasteiger partial charge in [0.05, 0.1) is 18.2 Å². The van der Waals surface area contributed by atoms with Crippen LogP contribution in [0.3, 0.4) is 0 Å². The predicted molar refractivity (Wildman–Crippen MR) is 108 cm³/mol. The van der Waals surface area contributed by atoms with Crippen LogP contribution in [0, 0.1) is 5.92 Å². The van der Waals surface area contributed by atoms with Crippen LogP contribution in [0.2, 0.25) is 0 Å². The maximum atomic E-state index is 12.2. The number of esters is 1. The van der Waals surface area contributed by atoms with Crippen molar-refractivity contribution in [1.82, 2.24) is 0 Å². The fourth-order valence-corrected chi connectivity index (χ4v) is 4.26. The van der Waals surface area contributed by atoms with E-state index in [1.54, 1.807) is 0 Å². The number of anilines is 1. The van der Waals surface area contributed by atoms with Crippen molar-refractivity contribution >= 4 is 27.6 Å². The molecule has 0 saturated carbocycles. The molecule has 0 aromatic heterocycles. The quantitative estimate of drug-likeness (QED) is 0.506. The van der Waals surface area contributed by atoms with Gasteiger partial charge in [-0.05, 0) is 60.2 Å². The molecule has 0 spiro atoms. The number of hydrogen-bond donors (Lipinski definition) is 1. The Morgan fingerprint density at radius 1 is 1.23 bits per heavy atom. The molecule has 3 nitrogen and oxygen atoms in total. The summed E-state index contributed by atoms with van der Waals surface area (Å²) in [6, 6.07) is 14.7. The van der Waals surface area contributed by atoms with Gasteiger partial charge in [-0.3, -0.25) is 0 Å². The van der Waals surface area contributed by atoms with Gasteiger partial charge < -0.3 is 10.1 Å². The molecular formula is C22H22BrNO2. The lowest BCUT2D eigenvalue weighted by atomic mass is 9.76. The molecule has 0 saturated heterocycles. The zero-order valence-electron chi connectivity index (χ0n) is 14.7. The summed E-state index contributed by atoms with van der Waals surface area (Å²) in [4.78, 5) is 12.2. The van der Waals surface area contributed by atoms with E-state index in [2.05, 4.69) is 57.7 Å². The van der Waals surface area contributed by atoms with E-state index in [1.807, 2.05) is 25.1 Å². The summed E-state index contributed by atoms with van der Waals surface area (Å²) in [5, 5.41) is 3.71. The minimum Gasteiger partial charge on any atom is -0.462 e. The number of fused-ring (bicyclic) bond motifs is 3. The Bertz CT molecular complexity index is 844. The van der Waals surface area contributed by atoms with Crippen molar-refractivity contribution in [2.75, 3.05) is 11.9 Å². The third kappa shape index (κ3) is 3.18. The van der Waals surface area contributed by atoms with Crippen LogP contribution in [0.15, 0.2) is 59.1 Å². The van der Waals surface area contributed by atoms with Gasteiger partial charge in [0.15, 0.2) is 0 Å². The highest BCUT2D eigenvalue weighted by molar-refractivity contribution is 9.10. The van der Waals surface area contributed by atoms with Crippen molar-refractivity contribution in [2.45, 2.75) is 31.7 Å². The summed E-state index contributed by atoms with van der Waals surface area (Å²) in [5.74, 6) is 0.563. The molecule has 3 atom stereocenters. The average Bonchev–Trinajstić information content (AvgIpc) is 3.16. The normalized spacial score (nSPS) is 23.1. The van der Waals surface area contributed by atoms with E-state index in [4.69, 9.17) is 4.74 Å². The zero-order valence-corrected chi connectivity index (χ0v) is 16.3. The van der Waals surface area contributed by atoms with Crippen LogP contribution in [-0.4, -0.2) is 12.6 Å². The largest absolute Gasteiger partial charge is 0.462 e. The van der Waals surface area contributed by atoms with E-state index in [-0.39, 0.29) is 12.0 Å². The predicted octanol–water partition coefficient (Wildman–Crippen LogP) is 5.84. The molecule has 1 aliphatic carbocycles. The minimum absolute atomic E-state index is 0.233. The fraction of sp³-hybridized carbons (Fsp3) is 0.318. The van der Waals surface area contributed by atoms with E-state index in [0.29, 0.717) is 24.0 Å². The number of benzene rings is 2. The van der Waals surface area contributed by atoms with Crippen LogP contribution in [0.4, 0.5) is 5.69 Å². The first-order chi connectivity index (χ1) is 12.7. The molecule has 1 aliphatic heterocycles. The van der Waals surface area contributed by atoms with Gasteiger partial charge in [-0.15, -0.1) is 0 Å². The zero-order chi connectivity index (χ0) is 18.1. The summed E-state index contributed by atoms with van der Waals surface area (Å²) >= 11 is 3.51. The van der Waals surface area contributed by atoms with Gasteiger partial charge in [0.25, 0.3) is 0 Å². The first-order valence-electron chi connectivity index (χ1n) is 9.17. The van der Waals surface area contributed by atoms with Crippen LogP contribution in [-0.2, 0) is 4.74 Å². The second-order valence-electron chi connectivity index (χ2n) is 6.97. The highest BCUT2D eigenvalue weighted by Gasteiger charge is 2.38. The van der Waals surface area contributed by atoms with Gasteiger partial charge >= 0.3 is 5.97 Å². The van der Waals surface area contributed by atoms with Crippen LogP contribution in [0.1, 0.15) is 53.2 Å². The van der Waals surface area contributed by atoms with Crippen molar-refractivity contribution in [3.05, 3.63) is 75.8 Å². The molecule has 0 fully saturated rings. The molecule has 4 rings (SSSR count). The molecule has 26 heavy (non-hydrogen) atoms. The van der Waals surface area contributed by atoms with E-state index < -0.39 is 0 Å². The number of carbonyl (C=O) groups excluding carboxylic acids is 1. The van der Waals surface area contributed by atoms with E-state index in [1.165, 1.54) is 11.1 Å². The van der Waals surface area contributed by atoms with Crippen molar-refractivity contribution < 1.29 is 9.53 Å². The molecule has 2 aliphatic rings. The summed E-state index contributed by atoms with van der Waals surface area (Å²) in [7, 11) is 0. The van der Waals surface area contributed by atoms with Crippen LogP contribution in [0.25, 0.3) is 0 Å². The molecule has 134 valence electrons. The molecule has 0 amide bonds. The average molecular weight is 412 g/mol. The molecule has 0 bridgehead atoms. The molecule has 0 radical (unpaired) electrons. The molecule has 1 N–H and O–H groups in total. The van der Waals surface area contributed by atoms with E-state index >= 15 is 0 Å². The monoisotopic (exact) mass is 411 g/mol. The number of ether oxygens (including phenoxy) is 1. The Morgan fingerprint density at radius 2 is 2.04 bits per heavy atom. The van der Waals surface area contributed by atoms with Crippen LogP contribution in [0.5, 0.6) is 0 Å². The van der Waals surface area contributed by atoms with Crippen molar-refractivity contribution in [2.24, 2.45) is 5.92 Å². The lowest BCUT2D eigenvalue weighted by Gasteiger charge is -2.37. The van der Waals surface area contributed by atoms with Gasteiger partial charge in [0.1, 0.15) is 0 Å². The van der Waals surface area contributed by atoms with Crippen molar-refractivity contribution in [3.63, 3.8) is 0 Å². The second-order valence-corrected chi connectivity index (χ2v) is 7.88. The minimum atomic E-state index is -0.233. The van der Waals surface area contributed by atoms with Crippen LogP contribution < -0.4 is 5.32 Å². The maximum Gasteiger partial charge on any atom is 0.338 e. The molecule has 3 unspecified atom stereocenters. The second kappa shape index (κ2) is 7.28. The summed E-state index contributed by atoms with van der Waals surface area (Å²) < 4.78 is 6.39. The standard InChI is InChI=1S/C22H22BrNO2/c1-2-12-26-22(25)15-8-11-20-19(13-15)17-4-3-5-18(17)21(24-20)14-6-9-16(23)10-7-14/h3-4,6-11,13,17-18,21,24H,2,5,12H2,1H3. The van der Waals surface area contributed by atoms with Crippen molar-refractivity contribution in [3.8, 4) is 0 Å². The summed E-state index contributed by atoms with van der Waals surface area (Å²) in [5.41, 5.74) is 4.24. The number of allylic oxidation sites excluding steroid dienone is 2. The Labute approximate surface area is 162 Å². The highest BCUT2D eigenvalue weighted by Crippen LogP contribution is 2.50. The first-order valence-corrected chi connectivity index (χ1v) is 9.96. The van der Waals surface area contributed by atoms with E-state index in [0.717, 1.165) is 23.0 Å². The Balaban J connectivity index is 1.66. The lowest BCUT2D eigenvalue weighted by molar-refractivity contribution is 0.0505. The number of nitrogens with one attached hydrogen (secondary N) is 1.